The van der Waals surface area contributed by atoms with Crippen molar-refractivity contribution in [2.45, 2.75) is 25.3 Å². The second-order valence-electron chi connectivity index (χ2n) is 7.26. The number of benzene rings is 2. The van der Waals surface area contributed by atoms with E-state index in [0.29, 0.717) is 28.8 Å². The molecule has 0 bridgehead atoms. The zero-order valence-corrected chi connectivity index (χ0v) is 16.5. The van der Waals surface area contributed by atoms with Crippen molar-refractivity contribution in [2.24, 2.45) is 0 Å². The van der Waals surface area contributed by atoms with Crippen LogP contribution >= 0.6 is 11.6 Å². The van der Waals surface area contributed by atoms with E-state index >= 15 is 0 Å². The fourth-order valence-electron chi connectivity index (χ4n) is 3.99. The van der Waals surface area contributed by atoms with Crippen LogP contribution in [0, 0.1) is 10.1 Å². The van der Waals surface area contributed by atoms with Crippen LogP contribution in [0.3, 0.4) is 0 Å². The molecule has 1 aliphatic carbocycles. The smallest absolute Gasteiger partial charge is 0.269 e. The first-order valence-electron chi connectivity index (χ1n) is 9.51. The Kier molecular flexibility index (Phi) is 4.36. The molecule has 1 aliphatic heterocycles. The molecule has 3 aromatic rings. The second kappa shape index (κ2) is 7.07. The predicted molar refractivity (Wildman–Crippen MR) is 111 cm³/mol. The van der Waals surface area contributed by atoms with Crippen LogP contribution in [0.25, 0.3) is 11.4 Å². The van der Waals surface area contributed by atoms with Crippen molar-refractivity contribution in [3.63, 3.8) is 0 Å². The second-order valence-corrected chi connectivity index (χ2v) is 7.70. The third kappa shape index (κ3) is 3.05. The number of nitro benzene ring substituents is 1. The van der Waals surface area contributed by atoms with Crippen molar-refractivity contribution >= 4 is 29.0 Å². The molecule has 150 valence electrons. The minimum absolute atomic E-state index is 0.00436. The van der Waals surface area contributed by atoms with E-state index in [1.165, 1.54) is 12.1 Å². The summed E-state index contributed by atoms with van der Waals surface area (Å²) < 4.78 is 1.68. The number of carbonyl (C=O) groups excluding carboxylic acids is 1. The van der Waals surface area contributed by atoms with Crippen molar-refractivity contribution in [3.8, 4) is 11.4 Å². The Hall–Kier alpha value is -3.52. The van der Waals surface area contributed by atoms with E-state index in [0.717, 1.165) is 29.7 Å². The van der Waals surface area contributed by atoms with Gasteiger partial charge in [0.25, 0.3) is 5.69 Å². The van der Waals surface area contributed by atoms with Gasteiger partial charge in [-0.3, -0.25) is 14.9 Å². The average molecular weight is 422 g/mol. The van der Waals surface area contributed by atoms with Gasteiger partial charge >= 0.3 is 0 Å². The maximum Gasteiger partial charge on any atom is 0.269 e. The number of anilines is 1. The molecule has 0 spiro atoms. The summed E-state index contributed by atoms with van der Waals surface area (Å²) in [4.78, 5) is 28.1. The lowest BCUT2D eigenvalue weighted by molar-refractivity contribution is -0.384. The van der Waals surface area contributed by atoms with Crippen LogP contribution < -0.4 is 5.32 Å². The zero-order chi connectivity index (χ0) is 20.8. The summed E-state index contributed by atoms with van der Waals surface area (Å²) >= 11 is 6.12. The van der Waals surface area contributed by atoms with E-state index in [1.54, 1.807) is 28.9 Å². The average Bonchev–Trinajstić information content (AvgIpc) is 3.16. The summed E-state index contributed by atoms with van der Waals surface area (Å²) in [6.07, 6.45) is 1.98. The van der Waals surface area contributed by atoms with Crippen LogP contribution in [0.4, 0.5) is 11.6 Å². The highest BCUT2D eigenvalue weighted by Gasteiger charge is 2.37. The van der Waals surface area contributed by atoms with Crippen LogP contribution in [0.2, 0.25) is 5.02 Å². The molecule has 2 heterocycles. The lowest BCUT2D eigenvalue weighted by atomic mass is 9.85. The van der Waals surface area contributed by atoms with Crippen LogP contribution in [-0.4, -0.2) is 25.5 Å². The number of carbonyl (C=O) groups is 1. The van der Waals surface area contributed by atoms with Crippen LogP contribution in [0.1, 0.15) is 30.9 Å². The highest BCUT2D eigenvalue weighted by molar-refractivity contribution is 6.30. The molecule has 0 amide bonds. The monoisotopic (exact) mass is 421 g/mol. The third-order valence-corrected chi connectivity index (χ3v) is 5.61. The molecule has 0 radical (unpaired) electrons. The number of hydrogen-bond acceptors (Lipinski definition) is 6. The van der Waals surface area contributed by atoms with Crippen molar-refractivity contribution in [2.75, 3.05) is 5.32 Å². The Morgan fingerprint density at radius 2 is 1.97 bits per heavy atom. The molecule has 1 aromatic heterocycles. The number of nitrogens with zero attached hydrogens (tertiary/aromatic N) is 4. The fourth-order valence-corrected chi connectivity index (χ4v) is 4.18. The summed E-state index contributed by atoms with van der Waals surface area (Å²) in [7, 11) is 0. The lowest BCUT2D eigenvalue weighted by Gasteiger charge is -2.32. The van der Waals surface area contributed by atoms with Crippen molar-refractivity contribution in [1.29, 1.82) is 0 Å². The van der Waals surface area contributed by atoms with Gasteiger partial charge in [0.2, 0.25) is 5.95 Å². The topological polar surface area (TPSA) is 103 Å². The van der Waals surface area contributed by atoms with Gasteiger partial charge in [0, 0.05) is 40.4 Å². The van der Waals surface area contributed by atoms with Gasteiger partial charge in [0.15, 0.2) is 11.6 Å². The van der Waals surface area contributed by atoms with Crippen LogP contribution in [0.5, 0.6) is 0 Å². The molecule has 5 rings (SSSR count). The quantitative estimate of drug-likeness (QED) is 0.492. The Bertz CT molecular complexity index is 1220. The standard InChI is InChI=1S/C21H16ClN5O3/c22-14-4-1-3-13(11-14)20-24-21-23-16-5-2-6-17(28)18(16)19(26(21)25-20)12-7-9-15(10-8-12)27(29)30/h1,3-4,7-11,19H,2,5-6H2,(H,23,24,25). The Morgan fingerprint density at radius 1 is 1.17 bits per heavy atom. The zero-order valence-electron chi connectivity index (χ0n) is 15.7. The summed E-state index contributed by atoms with van der Waals surface area (Å²) in [6, 6.07) is 13.0. The minimum atomic E-state index is -0.495. The molecule has 8 nitrogen and oxygen atoms in total. The SMILES string of the molecule is O=C1CCCC2=C1C(c1ccc([N+](=O)[O-])cc1)n1nc(-c3cccc(Cl)c3)nc1N2. The van der Waals surface area contributed by atoms with Gasteiger partial charge in [-0.15, -0.1) is 5.10 Å². The normalized spacial score (nSPS) is 17.9. The summed E-state index contributed by atoms with van der Waals surface area (Å²) in [6.45, 7) is 0. The van der Waals surface area contributed by atoms with Gasteiger partial charge in [-0.2, -0.15) is 4.98 Å². The number of fused-ring (bicyclic) bond motifs is 1. The van der Waals surface area contributed by atoms with Crippen molar-refractivity contribution < 1.29 is 9.72 Å². The Labute approximate surface area is 176 Å². The first kappa shape index (κ1) is 18.5. The van der Waals surface area contributed by atoms with Crippen molar-refractivity contribution in [1.82, 2.24) is 14.8 Å². The number of nitro groups is 1. The summed E-state index contributed by atoms with van der Waals surface area (Å²) in [5.74, 6) is 1.07. The molecular formula is C21H16ClN5O3. The number of halogens is 1. The maximum absolute atomic E-state index is 12.8. The number of allylic oxidation sites excluding steroid dienone is 2. The molecule has 1 N–H and O–H groups in total. The summed E-state index contributed by atoms with van der Waals surface area (Å²) in [5, 5.41) is 19.6. The van der Waals surface area contributed by atoms with E-state index in [9.17, 15) is 14.9 Å². The minimum Gasteiger partial charge on any atom is -0.328 e. The highest BCUT2D eigenvalue weighted by atomic mass is 35.5. The Morgan fingerprint density at radius 3 is 2.70 bits per heavy atom. The molecule has 0 fully saturated rings. The summed E-state index contributed by atoms with van der Waals surface area (Å²) in [5.41, 5.74) is 2.99. The number of hydrogen-bond donors (Lipinski definition) is 1. The molecular weight excluding hydrogens is 406 g/mol. The van der Waals surface area contributed by atoms with E-state index in [2.05, 4.69) is 15.4 Å². The molecule has 0 saturated heterocycles. The van der Waals surface area contributed by atoms with E-state index < -0.39 is 11.0 Å². The van der Waals surface area contributed by atoms with Gasteiger partial charge in [-0.1, -0.05) is 23.7 Å². The first-order valence-corrected chi connectivity index (χ1v) is 9.89. The molecule has 30 heavy (non-hydrogen) atoms. The molecule has 1 unspecified atom stereocenters. The molecule has 1 atom stereocenters. The number of Topliss-reactive ketones (excluding diaryl/α,β-unsaturated/α-hetero) is 1. The van der Waals surface area contributed by atoms with E-state index in [4.69, 9.17) is 11.6 Å². The van der Waals surface area contributed by atoms with Crippen LogP contribution in [-0.2, 0) is 4.79 Å². The number of aromatic nitrogens is 3. The highest BCUT2D eigenvalue weighted by Crippen LogP contribution is 2.41. The first-order chi connectivity index (χ1) is 14.5. The van der Waals surface area contributed by atoms with Crippen LogP contribution in [0.15, 0.2) is 59.8 Å². The van der Waals surface area contributed by atoms with Gasteiger partial charge in [-0.05, 0) is 42.7 Å². The largest absolute Gasteiger partial charge is 0.328 e. The number of rotatable bonds is 3. The third-order valence-electron chi connectivity index (χ3n) is 5.37. The molecule has 0 saturated carbocycles. The molecule has 2 aliphatic rings. The van der Waals surface area contributed by atoms with E-state index in [1.807, 2.05) is 12.1 Å². The Balaban J connectivity index is 1.66. The predicted octanol–water partition coefficient (Wildman–Crippen LogP) is 4.53. The fraction of sp³-hybridized carbons (Fsp3) is 0.190. The molecule has 2 aromatic carbocycles. The number of non-ortho nitro benzene ring substituents is 1. The van der Waals surface area contributed by atoms with Gasteiger partial charge < -0.3 is 5.32 Å². The molecule has 9 heteroatoms. The van der Waals surface area contributed by atoms with E-state index in [-0.39, 0.29) is 11.5 Å². The number of nitrogens with one attached hydrogen (secondary N) is 1. The van der Waals surface area contributed by atoms with Gasteiger partial charge in [0.05, 0.1) is 4.92 Å². The maximum atomic E-state index is 12.8. The van der Waals surface area contributed by atoms with Gasteiger partial charge in [0.1, 0.15) is 6.04 Å². The lowest BCUT2D eigenvalue weighted by Crippen LogP contribution is -2.31. The van der Waals surface area contributed by atoms with Crippen molar-refractivity contribution in [3.05, 3.63) is 80.5 Å². The van der Waals surface area contributed by atoms with Gasteiger partial charge in [-0.25, -0.2) is 4.68 Å². The number of ketones is 1.